The Hall–Kier alpha value is -0.930. The van der Waals surface area contributed by atoms with Crippen molar-refractivity contribution < 1.29 is 9.18 Å². The van der Waals surface area contributed by atoms with Gasteiger partial charge in [-0.15, -0.1) is 0 Å². The van der Waals surface area contributed by atoms with Crippen molar-refractivity contribution in [2.24, 2.45) is 5.73 Å². The largest absolute Gasteiger partial charge is 0.318 e. The minimum Gasteiger partial charge on any atom is -0.318 e. The molecule has 64 valence electrons. The summed E-state index contributed by atoms with van der Waals surface area (Å²) < 4.78 is 12.9. The summed E-state index contributed by atoms with van der Waals surface area (Å²) in [5.41, 5.74) is 5.42. The molecule has 0 aromatic heterocycles. The van der Waals surface area contributed by atoms with E-state index in [2.05, 4.69) is 0 Å². The molecular formula is C8H7ClFNO. The predicted octanol–water partition coefficient (Wildman–Crippen LogP) is 1.68. The van der Waals surface area contributed by atoms with E-state index >= 15 is 0 Å². The Morgan fingerprint density at radius 1 is 1.58 bits per heavy atom. The number of aldehydes is 1. The van der Waals surface area contributed by atoms with Gasteiger partial charge in [0.15, 0.2) is 0 Å². The van der Waals surface area contributed by atoms with E-state index in [-0.39, 0.29) is 5.56 Å². The summed E-state index contributed by atoms with van der Waals surface area (Å²) in [6, 6.07) is 2.98. The van der Waals surface area contributed by atoms with E-state index in [0.29, 0.717) is 11.3 Å². The van der Waals surface area contributed by atoms with Gasteiger partial charge in [0.05, 0.1) is 6.04 Å². The lowest BCUT2D eigenvalue weighted by Gasteiger charge is -2.05. The fourth-order valence-electron chi connectivity index (χ4n) is 0.843. The van der Waals surface area contributed by atoms with Crippen LogP contribution >= 0.6 is 11.6 Å². The maximum Gasteiger partial charge on any atom is 0.141 e. The highest BCUT2D eigenvalue weighted by Gasteiger charge is 2.10. The third kappa shape index (κ3) is 1.81. The molecule has 1 aromatic rings. The fourth-order valence-corrected chi connectivity index (χ4v) is 1.02. The van der Waals surface area contributed by atoms with Crippen LogP contribution in [0.3, 0.4) is 0 Å². The van der Waals surface area contributed by atoms with E-state index in [9.17, 15) is 9.18 Å². The molecule has 0 saturated heterocycles. The minimum absolute atomic E-state index is 0.123. The van der Waals surface area contributed by atoms with Crippen molar-refractivity contribution in [3.8, 4) is 0 Å². The number of rotatable bonds is 2. The van der Waals surface area contributed by atoms with Gasteiger partial charge in [-0.2, -0.15) is 0 Å². The maximum absolute atomic E-state index is 12.9. The summed E-state index contributed by atoms with van der Waals surface area (Å²) in [7, 11) is 0. The van der Waals surface area contributed by atoms with Crippen molar-refractivity contribution in [1.29, 1.82) is 0 Å². The van der Waals surface area contributed by atoms with Crippen LogP contribution in [0.15, 0.2) is 18.2 Å². The van der Waals surface area contributed by atoms with E-state index < -0.39 is 11.9 Å². The van der Waals surface area contributed by atoms with Gasteiger partial charge in [0, 0.05) is 10.6 Å². The molecule has 1 aromatic carbocycles. The van der Waals surface area contributed by atoms with Gasteiger partial charge in [0.1, 0.15) is 12.1 Å². The molecule has 2 nitrogen and oxygen atoms in total. The number of benzene rings is 1. The lowest BCUT2D eigenvalue weighted by atomic mass is 10.1. The molecule has 1 unspecified atom stereocenters. The number of halogens is 2. The average Bonchev–Trinajstić information content (AvgIpc) is 2.08. The Bertz CT molecular complexity index is 303. The van der Waals surface area contributed by atoms with E-state index in [1.165, 1.54) is 18.2 Å². The smallest absolute Gasteiger partial charge is 0.141 e. The molecule has 12 heavy (non-hydrogen) atoms. The van der Waals surface area contributed by atoms with Crippen molar-refractivity contribution in [2.45, 2.75) is 6.04 Å². The Kier molecular flexibility index (Phi) is 2.78. The van der Waals surface area contributed by atoms with Gasteiger partial charge in [-0.1, -0.05) is 11.6 Å². The summed E-state index contributed by atoms with van der Waals surface area (Å²) >= 11 is 5.58. The summed E-state index contributed by atoms with van der Waals surface area (Å²) in [5.74, 6) is -0.515. The van der Waals surface area contributed by atoms with Crippen LogP contribution in [-0.4, -0.2) is 6.29 Å². The second-order valence-electron chi connectivity index (χ2n) is 2.33. The van der Waals surface area contributed by atoms with E-state index in [0.717, 1.165) is 0 Å². The van der Waals surface area contributed by atoms with Gasteiger partial charge < -0.3 is 10.5 Å². The molecule has 0 spiro atoms. The number of hydrogen-bond donors (Lipinski definition) is 1. The molecule has 1 rings (SSSR count). The predicted molar refractivity (Wildman–Crippen MR) is 44.4 cm³/mol. The molecule has 4 heteroatoms. The second-order valence-corrected chi connectivity index (χ2v) is 2.76. The molecule has 0 amide bonds. The van der Waals surface area contributed by atoms with Crippen molar-refractivity contribution in [2.75, 3.05) is 0 Å². The van der Waals surface area contributed by atoms with E-state index in [1.807, 2.05) is 0 Å². The third-order valence-corrected chi connectivity index (χ3v) is 1.70. The number of hydrogen-bond acceptors (Lipinski definition) is 2. The van der Waals surface area contributed by atoms with Crippen LogP contribution in [0.4, 0.5) is 4.39 Å². The molecule has 0 heterocycles. The molecule has 2 N–H and O–H groups in total. The third-order valence-electron chi connectivity index (χ3n) is 1.46. The SMILES string of the molecule is NC(C=O)c1cc(Cl)ccc1F. The second kappa shape index (κ2) is 3.65. The van der Waals surface area contributed by atoms with Gasteiger partial charge in [-0.3, -0.25) is 0 Å². The Balaban J connectivity index is 3.12. The molecule has 0 saturated carbocycles. The van der Waals surface area contributed by atoms with Crippen molar-refractivity contribution in [3.63, 3.8) is 0 Å². The normalized spacial score (nSPS) is 12.6. The first-order valence-electron chi connectivity index (χ1n) is 3.31. The van der Waals surface area contributed by atoms with Crippen LogP contribution in [0.5, 0.6) is 0 Å². The molecular weight excluding hydrogens is 181 g/mol. The van der Waals surface area contributed by atoms with Crippen LogP contribution in [0, 0.1) is 5.82 Å². The number of carbonyl (C=O) groups excluding carboxylic acids is 1. The average molecular weight is 188 g/mol. The van der Waals surface area contributed by atoms with Crippen molar-refractivity contribution in [3.05, 3.63) is 34.6 Å². The fraction of sp³-hybridized carbons (Fsp3) is 0.125. The Morgan fingerprint density at radius 2 is 2.25 bits per heavy atom. The van der Waals surface area contributed by atoms with Gasteiger partial charge >= 0.3 is 0 Å². The summed E-state index contributed by atoms with van der Waals surface area (Å²) in [6.45, 7) is 0. The quantitative estimate of drug-likeness (QED) is 0.716. The van der Waals surface area contributed by atoms with Crippen LogP contribution in [0.25, 0.3) is 0 Å². The Morgan fingerprint density at radius 3 is 2.83 bits per heavy atom. The van der Waals surface area contributed by atoms with Crippen LogP contribution in [0.1, 0.15) is 11.6 Å². The zero-order chi connectivity index (χ0) is 9.14. The summed E-state index contributed by atoms with van der Waals surface area (Å²) in [5, 5.41) is 0.365. The van der Waals surface area contributed by atoms with Crippen LogP contribution in [-0.2, 0) is 4.79 Å². The van der Waals surface area contributed by atoms with Gasteiger partial charge in [-0.25, -0.2) is 4.39 Å². The maximum atomic E-state index is 12.9. The first-order chi connectivity index (χ1) is 5.65. The molecule has 0 aliphatic rings. The van der Waals surface area contributed by atoms with Crippen LogP contribution in [0.2, 0.25) is 5.02 Å². The van der Waals surface area contributed by atoms with Gasteiger partial charge in [0.2, 0.25) is 0 Å². The van der Waals surface area contributed by atoms with Crippen molar-refractivity contribution in [1.82, 2.24) is 0 Å². The number of carbonyl (C=O) groups is 1. The van der Waals surface area contributed by atoms with Gasteiger partial charge in [-0.05, 0) is 18.2 Å². The standard InChI is InChI=1S/C8H7ClFNO/c9-5-1-2-7(10)6(3-5)8(11)4-12/h1-4,8H,11H2. The van der Waals surface area contributed by atoms with Gasteiger partial charge in [0.25, 0.3) is 0 Å². The summed E-state index contributed by atoms with van der Waals surface area (Å²) in [6.07, 6.45) is 0.467. The molecule has 0 aliphatic carbocycles. The lowest BCUT2D eigenvalue weighted by molar-refractivity contribution is -0.109. The first kappa shape index (κ1) is 9.16. The minimum atomic E-state index is -0.941. The highest BCUT2D eigenvalue weighted by Crippen LogP contribution is 2.18. The molecule has 0 aliphatic heterocycles. The molecule has 0 radical (unpaired) electrons. The molecule has 0 fully saturated rings. The monoisotopic (exact) mass is 187 g/mol. The molecule has 1 atom stereocenters. The van der Waals surface area contributed by atoms with Crippen molar-refractivity contribution >= 4 is 17.9 Å². The zero-order valence-electron chi connectivity index (χ0n) is 6.13. The Labute approximate surface area is 74.1 Å². The lowest BCUT2D eigenvalue weighted by Crippen LogP contribution is -2.12. The van der Waals surface area contributed by atoms with E-state index in [1.54, 1.807) is 0 Å². The first-order valence-corrected chi connectivity index (χ1v) is 3.69. The zero-order valence-corrected chi connectivity index (χ0v) is 6.88. The topological polar surface area (TPSA) is 43.1 Å². The number of nitrogens with two attached hydrogens (primary N) is 1. The summed E-state index contributed by atoms with van der Waals surface area (Å²) in [4.78, 5) is 10.2. The van der Waals surface area contributed by atoms with E-state index in [4.69, 9.17) is 17.3 Å². The molecule has 0 bridgehead atoms. The highest BCUT2D eigenvalue weighted by molar-refractivity contribution is 6.30. The van der Waals surface area contributed by atoms with Crippen LogP contribution < -0.4 is 5.73 Å². The highest BCUT2D eigenvalue weighted by atomic mass is 35.5.